The SMILES string of the molecule is NC(=O)c1cccc(CNc2nc(Nc3cc(C4CC4)[nH]n3)c3sccc3n2)c1. The van der Waals surface area contributed by atoms with E-state index in [0.717, 1.165) is 27.3 Å². The standard InChI is InChI=1S/C20H19N7OS/c21-18(28)13-3-1-2-11(8-13)10-22-20-23-14-6-7-29-17(14)19(25-20)24-16-9-15(26-27-16)12-4-5-12/h1-3,6-9,12H,4-5,10H2,(H2,21,28)(H3,22,23,24,25,26,27). The van der Waals surface area contributed by atoms with Crippen LogP contribution >= 0.6 is 11.3 Å². The minimum Gasteiger partial charge on any atom is -0.366 e. The fourth-order valence-corrected chi connectivity index (χ4v) is 3.94. The Labute approximate surface area is 170 Å². The predicted octanol–water partition coefficient (Wildman–Crippen LogP) is 3.75. The molecule has 1 aliphatic rings. The molecule has 1 amide bonds. The molecule has 5 N–H and O–H groups in total. The summed E-state index contributed by atoms with van der Waals surface area (Å²) in [5.41, 5.74) is 8.78. The number of benzene rings is 1. The molecule has 3 aromatic heterocycles. The molecule has 0 atom stereocenters. The summed E-state index contributed by atoms with van der Waals surface area (Å²) in [5, 5.41) is 16.0. The van der Waals surface area contributed by atoms with Gasteiger partial charge >= 0.3 is 0 Å². The van der Waals surface area contributed by atoms with E-state index in [0.29, 0.717) is 29.8 Å². The van der Waals surface area contributed by atoms with Gasteiger partial charge in [-0.1, -0.05) is 12.1 Å². The Hall–Kier alpha value is -3.46. The number of rotatable bonds is 7. The summed E-state index contributed by atoms with van der Waals surface area (Å²) in [7, 11) is 0. The third-order valence-electron chi connectivity index (χ3n) is 4.83. The summed E-state index contributed by atoms with van der Waals surface area (Å²) in [5.74, 6) is 2.13. The average Bonchev–Trinajstić information content (AvgIpc) is 3.28. The lowest BCUT2D eigenvalue weighted by Gasteiger charge is -2.09. The lowest BCUT2D eigenvalue weighted by Crippen LogP contribution is -2.12. The van der Waals surface area contributed by atoms with Crippen molar-refractivity contribution in [2.45, 2.75) is 25.3 Å². The van der Waals surface area contributed by atoms with Crippen LogP contribution < -0.4 is 16.4 Å². The molecule has 0 radical (unpaired) electrons. The quantitative estimate of drug-likeness (QED) is 0.371. The van der Waals surface area contributed by atoms with Gasteiger partial charge in [0.05, 0.1) is 10.2 Å². The number of hydrogen-bond acceptors (Lipinski definition) is 7. The molecular weight excluding hydrogens is 386 g/mol. The second kappa shape index (κ2) is 7.17. The number of thiophene rings is 1. The molecule has 0 aliphatic heterocycles. The highest BCUT2D eigenvalue weighted by atomic mass is 32.1. The summed E-state index contributed by atoms with van der Waals surface area (Å²) < 4.78 is 0.974. The summed E-state index contributed by atoms with van der Waals surface area (Å²) in [6.07, 6.45) is 2.44. The first kappa shape index (κ1) is 17.6. The van der Waals surface area contributed by atoms with Crippen LogP contribution in [0.2, 0.25) is 0 Å². The monoisotopic (exact) mass is 405 g/mol. The predicted molar refractivity (Wildman–Crippen MR) is 114 cm³/mol. The number of nitrogens with zero attached hydrogens (tertiary/aromatic N) is 3. The molecule has 5 rings (SSSR count). The van der Waals surface area contributed by atoms with Crippen LogP contribution in [0.4, 0.5) is 17.6 Å². The van der Waals surface area contributed by atoms with Crippen LogP contribution in [0, 0.1) is 0 Å². The maximum atomic E-state index is 11.4. The molecule has 146 valence electrons. The largest absolute Gasteiger partial charge is 0.366 e. The molecule has 8 nitrogen and oxygen atoms in total. The Balaban J connectivity index is 1.38. The molecule has 0 saturated heterocycles. The fourth-order valence-electron chi connectivity index (χ4n) is 3.17. The number of aromatic amines is 1. The number of carbonyl (C=O) groups excluding carboxylic acids is 1. The van der Waals surface area contributed by atoms with Crippen molar-refractivity contribution >= 4 is 45.0 Å². The number of aromatic nitrogens is 4. The van der Waals surface area contributed by atoms with Gasteiger partial charge in [-0.25, -0.2) is 4.98 Å². The van der Waals surface area contributed by atoms with E-state index in [9.17, 15) is 4.79 Å². The zero-order valence-corrected chi connectivity index (χ0v) is 16.3. The van der Waals surface area contributed by atoms with E-state index < -0.39 is 5.91 Å². The van der Waals surface area contributed by atoms with Crippen LogP contribution in [-0.2, 0) is 6.54 Å². The first-order chi connectivity index (χ1) is 14.2. The molecule has 0 spiro atoms. The third kappa shape index (κ3) is 3.77. The molecule has 1 aromatic carbocycles. The van der Waals surface area contributed by atoms with Gasteiger partial charge in [-0.3, -0.25) is 9.89 Å². The molecule has 1 saturated carbocycles. The van der Waals surface area contributed by atoms with Crippen molar-refractivity contribution in [1.82, 2.24) is 20.2 Å². The van der Waals surface area contributed by atoms with Gasteiger partial charge in [0, 0.05) is 29.8 Å². The van der Waals surface area contributed by atoms with Crippen molar-refractivity contribution in [3.8, 4) is 0 Å². The second-order valence-corrected chi connectivity index (χ2v) is 7.97. The Morgan fingerprint density at radius 1 is 1.24 bits per heavy atom. The Bertz CT molecular complexity index is 1190. The molecule has 3 heterocycles. The molecule has 1 aliphatic carbocycles. The van der Waals surface area contributed by atoms with Crippen LogP contribution in [0.3, 0.4) is 0 Å². The maximum Gasteiger partial charge on any atom is 0.248 e. The second-order valence-electron chi connectivity index (χ2n) is 7.06. The van der Waals surface area contributed by atoms with E-state index in [-0.39, 0.29) is 0 Å². The van der Waals surface area contributed by atoms with Crippen molar-refractivity contribution in [2.24, 2.45) is 5.73 Å². The number of anilines is 3. The Kier molecular flexibility index (Phi) is 4.36. The van der Waals surface area contributed by atoms with E-state index in [1.807, 2.05) is 29.6 Å². The molecule has 4 aromatic rings. The van der Waals surface area contributed by atoms with E-state index in [4.69, 9.17) is 5.73 Å². The van der Waals surface area contributed by atoms with Gasteiger partial charge in [-0.2, -0.15) is 10.1 Å². The normalized spacial score (nSPS) is 13.5. The van der Waals surface area contributed by atoms with E-state index in [1.54, 1.807) is 23.5 Å². The summed E-state index contributed by atoms with van der Waals surface area (Å²) in [4.78, 5) is 20.6. The van der Waals surface area contributed by atoms with E-state index in [2.05, 4.69) is 30.8 Å². The van der Waals surface area contributed by atoms with E-state index >= 15 is 0 Å². The number of nitrogens with one attached hydrogen (secondary N) is 3. The lowest BCUT2D eigenvalue weighted by atomic mass is 10.1. The number of H-pyrrole nitrogens is 1. The van der Waals surface area contributed by atoms with Crippen molar-refractivity contribution in [3.05, 3.63) is 58.6 Å². The third-order valence-corrected chi connectivity index (χ3v) is 5.74. The smallest absolute Gasteiger partial charge is 0.248 e. The molecule has 9 heteroatoms. The maximum absolute atomic E-state index is 11.4. The topological polar surface area (TPSA) is 122 Å². The zero-order valence-electron chi connectivity index (χ0n) is 15.5. The highest BCUT2D eigenvalue weighted by Crippen LogP contribution is 2.40. The number of carbonyl (C=O) groups is 1. The van der Waals surface area contributed by atoms with Crippen LogP contribution in [0.25, 0.3) is 10.2 Å². The number of amides is 1. The van der Waals surface area contributed by atoms with E-state index in [1.165, 1.54) is 12.8 Å². The summed E-state index contributed by atoms with van der Waals surface area (Å²) in [6, 6.07) is 11.2. The van der Waals surface area contributed by atoms with Gasteiger partial charge in [-0.15, -0.1) is 11.3 Å². The van der Waals surface area contributed by atoms with Crippen LogP contribution in [0.15, 0.2) is 41.8 Å². The zero-order chi connectivity index (χ0) is 19.8. The number of hydrogen-bond donors (Lipinski definition) is 4. The van der Waals surface area contributed by atoms with Gasteiger partial charge in [0.15, 0.2) is 11.6 Å². The van der Waals surface area contributed by atoms with Gasteiger partial charge in [-0.05, 0) is 42.0 Å². The van der Waals surface area contributed by atoms with Crippen molar-refractivity contribution in [2.75, 3.05) is 10.6 Å². The van der Waals surface area contributed by atoms with Gasteiger partial charge in [0.1, 0.15) is 0 Å². The molecule has 29 heavy (non-hydrogen) atoms. The van der Waals surface area contributed by atoms with Crippen LogP contribution in [-0.4, -0.2) is 26.1 Å². The van der Waals surface area contributed by atoms with Crippen molar-refractivity contribution in [1.29, 1.82) is 0 Å². The van der Waals surface area contributed by atoms with Crippen LogP contribution in [0.1, 0.15) is 40.4 Å². The molecule has 0 bridgehead atoms. The average molecular weight is 405 g/mol. The summed E-state index contributed by atoms with van der Waals surface area (Å²) >= 11 is 1.58. The van der Waals surface area contributed by atoms with Crippen molar-refractivity contribution in [3.63, 3.8) is 0 Å². The van der Waals surface area contributed by atoms with Gasteiger partial charge in [0.25, 0.3) is 0 Å². The summed E-state index contributed by atoms with van der Waals surface area (Å²) in [6.45, 7) is 0.477. The highest BCUT2D eigenvalue weighted by molar-refractivity contribution is 7.17. The number of fused-ring (bicyclic) bond motifs is 1. The highest BCUT2D eigenvalue weighted by Gasteiger charge is 2.25. The lowest BCUT2D eigenvalue weighted by molar-refractivity contribution is 0.1000. The fraction of sp³-hybridized carbons (Fsp3) is 0.200. The number of nitrogens with two attached hydrogens (primary N) is 1. The van der Waals surface area contributed by atoms with Gasteiger partial charge < -0.3 is 16.4 Å². The Morgan fingerprint density at radius 2 is 2.14 bits per heavy atom. The molecular formula is C20H19N7OS. The minimum atomic E-state index is -0.446. The first-order valence-corrected chi connectivity index (χ1v) is 10.2. The molecule has 0 unspecified atom stereocenters. The number of primary amides is 1. The first-order valence-electron chi connectivity index (χ1n) is 9.36. The van der Waals surface area contributed by atoms with Crippen LogP contribution in [0.5, 0.6) is 0 Å². The van der Waals surface area contributed by atoms with Crippen molar-refractivity contribution < 1.29 is 4.79 Å². The Morgan fingerprint density at radius 3 is 2.97 bits per heavy atom. The molecule has 1 fully saturated rings. The minimum absolute atomic E-state index is 0.446. The van der Waals surface area contributed by atoms with Gasteiger partial charge in [0.2, 0.25) is 11.9 Å².